The number of aromatic nitrogens is 1. The summed E-state index contributed by atoms with van der Waals surface area (Å²) in [5, 5.41) is 0. The number of amides is 1. The van der Waals surface area contributed by atoms with E-state index in [-0.39, 0.29) is 0 Å². The molecule has 0 saturated heterocycles. The third kappa shape index (κ3) is 2.45. The quantitative estimate of drug-likeness (QED) is 0.861. The molecule has 0 aliphatic heterocycles. The number of rotatable bonds is 3. The van der Waals surface area contributed by atoms with Gasteiger partial charge >= 0.3 is 0 Å². The molecule has 2 N–H and O–H groups in total. The molecule has 0 aromatic carbocycles. The van der Waals surface area contributed by atoms with Gasteiger partial charge in [0, 0.05) is 19.5 Å². The highest BCUT2D eigenvalue weighted by Gasteiger charge is 2.41. The van der Waals surface area contributed by atoms with Gasteiger partial charge in [-0.15, -0.1) is 0 Å². The molecule has 0 radical (unpaired) electrons. The summed E-state index contributed by atoms with van der Waals surface area (Å²) in [5.41, 5.74) is 6.46. The molecule has 0 saturated carbocycles. The molecular weight excluding hydrogens is 254 g/mol. The lowest BCUT2D eigenvalue weighted by atomic mass is 10.1. The molecule has 0 atom stereocenters. The van der Waals surface area contributed by atoms with Crippen molar-refractivity contribution in [3.8, 4) is 0 Å². The molecule has 1 heterocycles. The van der Waals surface area contributed by atoms with Crippen molar-refractivity contribution in [1.29, 1.82) is 0 Å². The number of hydrogen-bond donors (Lipinski definition) is 1. The van der Waals surface area contributed by atoms with Crippen molar-refractivity contribution < 1.29 is 13.2 Å². The van der Waals surface area contributed by atoms with Crippen molar-refractivity contribution in [1.82, 2.24) is 4.98 Å². The molecule has 6 nitrogen and oxygen atoms in total. The fourth-order valence-corrected chi connectivity index (χ4v) is 1.83. The van der Waals surface area contributed by atoms with Gasteiger partial charge in [0.1, 0.15) is 4.75 Å². The van der Waals surface area contributed by atoms with Crippen LogP contribution in [0.1, 0.15) is 13.8 Å². The SMILES string of the molecule is CN(C(=O)C(C)(C)S(C)(=O)=O)c1ccncc1N. The summed E-state index contributed by atoms with van der Waals surface area (Å²) >= 11 is 0. The van der Waals surface area contributed by atoms with Crippen LogP contribution >= 0.6 is 0 Å². The van der Waals surface area contributed by atoms with Crippen LogP contribution in [0.2, 0.25) is 0 Å². The highest BCUT2D eigenvalue weighted by Crippen LogP contribution is 2.25. The van der Waals surface area contributed by atoms with E-state index in [1.807, 2.05) is 0 Å². The third-order valence-corrected chi connectivity index (χ3v) is 4.96. The monoisotopic (exact) mass is 271 g/mol. The van der Waals surface area contributed by atoms with Gasteiger partial charge in [0.25, 0.3) is 0 Å². The maximum atomic E-state index is 12.2. The fourth-order valence-electron chi connectivity index (χ4n) is 1.38. The largest absolute Gasteiger partial charge is 0.396 e. The number of nitrogen functional groups attached to an aromatic ring is 1. The molecule has 1 amide bonds. The van der Waals surface area contributed by atoms with E-state index in [4.69, 9.17) is 5.73 Å². The molecular formula is C11H17N3O3S. The number of anilines is 2. The number of sulfone groups is 1. The van der Waals surface area contributed by atoms with Gasteiger partial charge in [-0.05, 0) is 19.9 Å². The molecule has 1 aromatic rings. The lowest BCUT2D eigenvalue weighted by Crippen LogP contribution is -2.48. The number of hydrogen-bond acceptors (Lipinski definition) is 5. The minimum absolute atomic E-state index is 0.317. The smallest absolute Gasteiger partial charge is 0.247 e. The summed E-state index contributed by atoms with van der Waals surface area (Å²) in [6.45, 7) is 2.75. The van der Waals surface area contributed by atoms with E-state index in [9.17, 15) is 13.2 Å². The van der Waals surface area contributed by atoms with Gasteiger partial charge in [-0.3, -0.25) is 9.78 Å². The Morgan fingerprint density at radius 3 is 2.44 bits per heavy atom. The van der Waals surface area contributed by atoms with Crippen molar-refractivity contribution in [3.05, 3.63) is 18.5 Å². The number of carbonyl (C=O) groups excluding carboxylic acids is 1. The van der Waals surface area contributed by atoms with Gasteiger partial charge in [0.2, 0.25) is 5.91 Å². The second-order valence-electron chi connectivity index (χ2n) is 4.58. The van der Waals surface area contributed by atoms with E-state index in [1.54, 1.807) is 6.07 Å². The van der Waals surface area contributed by atoms with Crippen molar-refractivity contribution >= 4 is 27.1 Å². The summed E-state index contributed by atoms with van der Waals surface area (Å²) in [4.78, 5) is 17.3. The number of carbonyl (C=O) groups is 1. The minimum atomic E-state index is -3.52. The van der Waals surface area contributed by atoms with Gasteiger partial charge in [-0.25, -0.2) is 8.42 Å². The first-order valence-corrected chi connectivity index (χ1v) is 7.15. The first-order chi connectivity index (χ1) is 8.09. The van der Waals surface area contributed by atoms with Crippen LogP contribution in [0.4, 0.5) is 11.4 Å². The molecule has 18 heavy (non-hydrogen) atoms. The Morgan fingerprint density at radius 2 is 2.00 bits per heavy atom. The highest BCUT2D eigenvalue weighted by molar-refractivity contribution is 7.92. The molecule has 100 valence electrons. The Labute approximate surface area is 107 Å². The molecule has 0 unspecified atom stereocenters. The van der Waals surface area contributed by atoms with E-state index < -0.39 is 20.5 Å². The van der Waals surface area contributed by atoms with Crippen molar-refractivity contribution in [2.24, 2.45) is 0 Å². The molecule has 0 fully saturated rings. The van der Waals surface area contributed by atoms with Crippen LogP contribution in [-0.4, -0.2) is 37.4 Å². The lowest BCUT2D eigenvalue weighted by Gasteiger charge is -2.28. The fraction of sp³-hybridized carbons (Fsp3) is 0.455. The van der Waals surface area contributed by atoms with Crippen LogP contribution in [0.5, 0.6) is 0 Å². The van der Waals surface area contributed by atoms with Crippen LogP contribution in [0, 0.1) is 0 Å². The highest BCUT2D eigenvalue weighted by atomic mass is 32.2. The second-order valence-corrected chi connectivity index (χ2v) is 7.15. The molecule has 1 rings (SSSR count). The minimum Gasteiger partial charge on any atom is -0.396 e. The van der Waals surface area contributed by atoms with E-state index in [2.05, 4.69) is 4.98 Å². The van der Waals surface area contributed by atoms with Gasteiger partial charge in [-0.2, -0.15) is 0 Å². The normalized spacial score (nSPS) is 12.2. The maximum absolute atomic E-state index is 12.2. The van der Waals surface area contributed by atoms with E-state index in [0.717, 1.165) is 6.26 Å². The molecule has 7 heteroatoms. The predicted molar refractivity (Wildman–Crippen MR) is 71.0 cm³/mol. The third-order valence-electron chi connectivity index (χ3n) is 2.94. The first-order valence-electron chi connectivity index (χ1n) is 5.26. The van der Waals surface area contributed by atoms with E-state index >= 15 is 0 Å². The van der Waals surface area contributed by atoms with Crippen molar-refractivity contribution in [2.75, 3.05) is 23.9 Å². The zero-order valence-electron chi connectivity index (χ0n) is 10.8. The van der Waals surface area contributed by atoms with Crippen LogP contribution in [0.15, 0.2) is 18.5 Å². The van der Waals surface area contributed by atoms with Crippen LogP contribution in [0.3, 0.4) is 0 Å². The van der Waals surface area contributed by atoms with Crippen LogP contribution in [0.25, 0.3) is 0 Å². The maximum Gasteiger partial charge on any atom is 0.247 e. The van der Waals surface area contributed by atoms with Crippen LogP contribution in [-0.2, 0) is 14.6 Å². The number of nitrogens with two attached hydrogens (primary N) is 1. The summed E-state index contributed by atoms with van der Waals surface area (Å²) in [6, 6.07) is 1.56. The standard InChI is InChI=1S/C11H17N3O3S/c1-11(2,18(4,16)17)10(15)14(3)9-5-6-13-7-8(9)12/h5-7H,12H2,1-4H3. The van der Waals surface area contributed by atoms with Gasteiger partial charge in [0.15, 0.2) is 9.84 Å². The molecule has 0 bridgehead atoms. The number of nitrogens with zero attached hydrogens (tertiary/aromatic N) is 2. The lowest BCUT2D eigenvalue weighted by molar-refractivity contribution is -0.120. The van der Waals surface area contributed by atoms with Crippen molar-refractivity contribution in [2.45, 2.75) is 18.6 Å². The first kappa shape index (κ1) is 14.4. The van der Waals surface area contributed by atoms with Crippen molar-refractivity contribution in [3.63, 3.8) is 0 Å². The summed E-state index contributed by atoms with van der Waals surface area (Å²) < 4.78 is 21.7. The van der Waals surface area contributed by atoms with Crippen LogP contribution < -0.4 is 10.6 Å². The Kier molecular flexibility index (Phi) is 3.66. The Hall–Kier alpha value is -1.63. The second kappa shape index (κ2) is 4.56. The zero-order valence-corrected chi connectivity index (χ0v) is 11.7. The number of pyridine rings is 1. The summed E-state index contributed by atoms with van der Waals surface area (Å²) in [5.74, 6) is -0.539. The van der Waals surface area contributed by atoms with Gasteiger partial charge in [0.05, 0.1) is 17.6 Å². The summed E-state index contributed by atoms with van der Waals surface area (Å²) in [7, 11) is -2.03. The average Bonchev–Trinajstić information content (AvgIpc) is 2.26. The Balaban J connectivity index is 3.18. The summed E-state index contributed by atoms with van der Waals surface area (Å²) in [6.07, 6.45) is 3.93. The topological polar surface area (TPSA) is 93.4 Å². The van der Waals surface area contributed by atoms with E-state index in [1.165, 1.54) is 38.2 Å². The molecule has 0 spiro atoms. The van der Waals surface area contributed by atoms with Gasteiger partial charge < -0.3 is 10.6 Å². The Morgan fingerprint density at radius 1 is 1.44 bits per heavy atom. The Bertz CT molecular complexity index is 567. The zero-order chi connectivity index (χ0) is 14.1. The predicted octanol–water partition coefficient (Wildman–Crippen LogP) is 0.450. The molecule has 0 aliphatic carbocycles. The molecule has 0 aliphatic rings. The van der Waals surface area contributed by atoms with E-state index in [0.29, 0.717) is 11.4 Å². The average molecular weight is 271 g/mol. The van der Waals surface area contributed by atoms with Gasteiger partial charge in [-0.1, -0.05) is 0 Å². The molecule has 1 aromatic heterocycles.